The Morgan fingerprint density at radius 3 is 2.69 bits per heavy atom. The summed E-state index contributed by atoms with van der Waals surface area (Å²) in [5, 5.41) is 13.3. The van der Waals surface area contributed by atoms with E-state index in [0.717, 1.165) is 29.8 Å². The third-order valence-corrected chi connectivity index (χ3v) is 4.69. The predicted octanol–water partition coefficient (Wildman–Crippen LogP) is 1.04. The normalized spacial score (nSPS) is 19.3. The summed E-state index contributed by atoms with van der Waals surface area (Å²) >= 11 is 0. The van der Waals surface area contributed by atoms with E-state index < -0.39 is 0 Å². The Labute approximate surface area is 153 Å². The van der Waals surface area contributed by atoms with Crippen molar-refractivity contribution < 1.29 is 9.59 Å². The van der Waals surface area contributed by atoms with Gasteiger partial charge in [0.15, 0.2) is 0 Å². The zero-order valence-corrected chi connectivity index (χ0v) is 15.2. The van der Waals surface area contributed by atoms with Crippen molar-refractivity contribution in [3.05, 3.63) is 47.8 Å². The van der Waals surface area contributed by atoms with E-state index in [1.54, 1.807) is 4.68 Å². The third kappa shape index (κ3) is 4.49. The minimum atomic E-state index is -0.0849. The molecule has 0 spiro atoms. The van der Waals surface area contributed by atoms with Crippen LogP contribution in [0.4, 0.5) is 5.69 Å². The predicted molar refractivity (Wildman–Crippen MR) is 99.8 cm³/mol. The van der Waals surface area contributed by atoms with E-state index in [9.17, 15) is 9.59 Å². The average molecular weight is 355 g/mol. The summed E-state index contributed by atoms with van der Waals surface area (Å²) in [6.45, 7) is 3.57. The Bertz CT molecular complexity index is 768. The maximum absolute atomic E-state index is 12.6. The molecule has 7 heteroatoms. The van der Waals surface area contributed by atoms with Crippen LogP contribution in [-0.4, -0.2) is 41.2 Å². The molecule has 0 bridgehead atoms. The second-order valence-corrected chi connectivity index (χ2v) is 6.74. The maximum atomic E-state index is 12.6. The van der Waals surface area contributed by atoms with E-state index in [0.29, 0.717) is 13.1 Å². The second-order valence-electron chi connectivity index (χ2n) is 6.74. The summed E-state index contributed by atoms with van der Waals surface area (Å²) in [5.41, 5.74) is 3.00. The van der Waals surface area contributed by atoms with E-state index in [2.05, 4.69) is 21.0 Å². The molecule has 2 aromatic rings. The highest BCUT2D eigenvalue weighted by atomic mass is 16.2. The number of aromatic nitrogens is 2. The van der Waals surface area contributed by atoms with Crippen molar-refractivity contribution in [2.24, 2.45) is 13.0 Å². The van der Waals surface area contributed by atoms with Gasteiger partial charge in [0.05, 0.1) is 12.1 Å². The maximum Gasteiger partial charge on any atom is 0.225 e. The summed E-state index contributed by atoms with van der Waals surface area (Å²) in [4.78, 5) is 23.6. The van der Waals surface area contributed by atoms with Crippen LogP contribution in [0.3, 0.4) is 0 Å². The van der Waals surface area contributed by atoms with Gasteiger partial charge in [-0.1, -0.05) is 12.1 Å². The Hall–Kier alpha value is -2.67. The molecule has 2 heterocycles. The lowest BCUT2D eigenvalue weighted by Crippen LogP contribution is -2.35. The quantitative estimate of drug-likeness (QED) is 0.722. The lowest BCUT2D eigenvalue weighted by Gasteiger charge is -2.17. The Morgan fingerprint density at radius 1 is 1.27 bits per heavy atom. The standard InChI is InChI=1S/C19H25N5O2/c1-13(25)23-16-5-3-14(4-6-16)7-8-21-19(26)18-11-20-10-17(18)15-9-22-24(2)12-15/h3-6,9,12,17-18,20H,7-8,10-11H2,1-2H3,(H,21,26)(H,23,25)/t17-,18+/m1/s1. The molecule has 0 radical (unpaired) electrons. The molecule has 138 valence electrons. The molecule has 2 amide bonds. The molecule has 3 rings (SSSR count). The van der Waals surface area contributed by atoms with Crippen LogP contribution in [0.2, 0.25) is 0 Å². The number of amides is 2. The van der Waals surface area contributed by atoms with Crippen LogP contribution in [-0.2, 0) is 23.1 Å². The SMILES string of the molecule is CC(=O)Nc1ccc(CCNC(=O)[C@H]2CNC[C@@H]2c2cnn(C)c2)cc1. The summed E-state index contributed by atoms with van der Waals surface area (Å²) in [5.74, 6) is 0.0963. The molecule has 1 aliphatic heterocycles. The monoisotopic (exact) mass is 355 g/mol. The molecule has 1 saturated heterocycles. The Kier molecular flexibility index (Phi) is 5.68. The van der Waals surface area contributed by atoms with E-state index in [4.69, 9.17) is 0 Å². The van der Waals surface area contributed by atoms with Gasteiger partial charge in [-0.25, -0.2) is 0 Å². The number of benzene rings is 1. The largest absolute Gasteiger partial charge is 0.355 e. The molecule has 3 N–H and O–H groups in total. The van der Waals surface area contributed by atoms with Gasteiger partial charge in [-0.05, 0) is 29.7 Å². The van der Waals surface area contributed by atoms with E-state index >= 15 is 0 Å². The van der Waals surface area contributed by atoms with Crippen LogP contribution >= 0.6 is 0 Å². The molecular weight excluding hydrogens is 330 g/mol. The minimum absolute atomic E-state index is 0.0682. The molecule has 1 aliphatic rings. The third-order valence-electron chi connectivity index (χ3n) is 4.69. The van der Waals surface area contributed by atoms with Crippen molar-refractivity contribution in [1.82, 2.24) is 20.4 Å². The van der Waals surface area contributed by atoms with Gasteiger partial charge in [0.25, 0.3) is 0 Å². The minimum Gasteiger partial charge on any atom is -0.355 e. The van der Waals surface area contributed by atoms with Crippen molar-refractivity contribution in [2.75, 3.05) is 25.0 Å². The molecule has 1 fully saturated rings. The van der Waals surface area contributed by atoms with Crippen molar-refractivity contribution in [1.29, 1.82) is 0 Å². The van der Waals surface area contributed by atoms with Gasteiger partial charge in [-0.15, -0.1) is 0 Å². The van der Waals surface area contributed by atoms with Crippen molar-refractivity contribution in [3.63, 3.8) is 0 Å². The fourth-order valence-corrected chi connectivity index (χ4v) is 3.36. The van der Waals surface area contributed by atoms with Gasteiger partial charge in [-0.3, -0.25) is 14.3 Å². The number of nitrogens with zero attached hydrogens (tertiary/aromatic N) is 2. The van der Waals surface area contributed by atoms with Crippen LogP contribution in [0.1, 0.15) is 24.0 Å². The number of rotatable bonds is 6. The fraction of sp³-hybridized carbons (Fsp3) is 0.421. The van der Waals surface area contributed by atoms with E-state index in [1.807, 2.05) is 43.7 Å². The number of carbonyl (C=O) groups is 2. The molecule has 0 saturated carbocycles. The first-order chi connectivity index (χ1) is 12.5. The molecule has 7 nitrogen and oxygen atoms in total. The molecule has 26 heavy (non-hydrogen) atoms. The Balaban J connectivity index is 1.50. The number of hydrogen-bond acceptors (Lipinski definition) is 4. The van der Waals surface area contributed by atoms with Gasteiger partial charge in [0, 0.05) is 51.4 Å². The van der Waals surface area contributed by atoms with E-state index in [-0.39, 0.29) is 23.7 Å². The van der Waals surface area contributed by atoms with Crippen LogP contribution in [0, 0.1) is 5.92 Å². The molecule has 2 atom stereocenters. The van der Waals surface area contributed by atoms with Gasteiger partial charge in [-0.2, -0.15) is 5.10 Å². The van der Waals surface area contributed by atoms with Crippen LogP contribution in [0.25, 0.3) is 0 Å². The van der Waals surface area contributed by atoms with Crippen LogP contribution in [0.5, 0.6) is 0 Å². The molecule has 1 aromatic carbocycles. The summed E-state index contributed by atoms with van der Waals surface area (Å²) in [6, 6.07) is 7.68. The highest BCUT2D eigenvalue weighted by Crippen LogP contribution is 2.27. The zero-order chi connectivity index (χ0) is 18.5. The first kappa shape index (κ1) is 18.1. The summed E-state index contributed by atoms with van der Waals surface area (Å²) in [7, 11) is 1.89. The fourth-order valence-electron chi connectivity index (χ4n) is 3.36. The van der Waals surface area contributed by atoms with Crippen LogP contribution < -0.4 is 16.0 Å². The van der Waals surface area contributed by atoms with Crippen molar-refractivity contribution in [3.8, 4) is 0 Å². The van der Waals surface area contributed by atoms with Gasteiger partial charge in [0.2, 0.25) is 11.8 Å². The number of anilines is 1. The molecule has 1 aromatic heterocycles. The van der Waals surface area contributed by atoms with Gasteiger partial charge >= 0.3 is 0 Å². The Morgan fingerprint density at radius 2 is 2.04 bits per heavy atom. The number of carbonyl (C=O) groups excluding carboxylic acids is 2. The summed E-state index contributed by atoms with van der Waals surface area (Å²) < 4.78 is 1.77. The molecule has 0 unspecified atom stereocenters. The smallest absolute Gasteiger partial charge is 0.225 e. The van der Waals surface area contributed by atoms with Gasteiger partial charge < -0.3 is 16.0 Å². The van der Waals surface area contributed by atoms with Crippen molar-refractivity contribution >= 4 is 17.5 Å². The number of aryl methyl sites for hydroxylation is 1. The first-order valence-corrected chi connectivity index (χ1v) is 8.86. The molecular formula is C19H25N5O2. The highest BCUT2D eigenvalue weighted by Gasteiger charge is 2.34. The first-order valence-electron chi connectivity index (χ1n) is 8.86. The topological polar surface area (TPSA) is 88.1 Å². The highest BCUT2D eigenvalue weighted by molar-refractivity contribution is 5.88. The average Bonchev–Trinajstić information content (AvgIpc) is 3.24. The lowest BCUT2D eigenvalue weighted by atomic mass is 9.90. The van der Waals surface area contributed by atoms with Gasteiger partial charge in [0.1, 0.15) is 0 Å². The van der Waals surface area contributed by atoms with Crippen LogP contribution in [0.15, 0.2) is 36.7 Å². The van der Waals surface area contributed by atoms with Crippen molar-refractivity contribution in [2.45, 2.75) is 19.3 Å². The second kappa shape index (κ2) is 8.14. The molecule has 0 aliphatic carbocycles. The lowest BCUT2D eigenvalue weighted by molar-refractivity contribution is -0.124. The van der Waals surface area contributed by atoms with E-state index in [1.165, 1.54) is 6.92 Å². The zero-order valence-electron chi connectivity index (χ0n) is 15.2. The number of hydrogen-bond donors (Lipinski definition) is 3. The number of nitrogens with one attached hydrogen (secondary N) is 3. The summed E-state index contributed by atoms with van der Waals surface area (Å²) in [6.07, 6.45) is 4.58.